The van der Waals surface area contributed by atoms with Crippen molar-refractivity contribution < 1.29 is 4.79 Å². The molecule has 1 amide bonds. The molecule has 2 aromatic heterocycles. The van der Waals surface area contributed by atoms with Crippen molar-refractivity contribution in [1.82, 2.24) is 14.8 Å². The maximum absolute atomic E-state index is 12.3. The van der Waals surface area contributed by atoms with Crippen LogP contribution in [0.25, 0.3) is 10.9 Å². The van der Waals surface area contributed by atoms with Gasteiger partial charge in [0.1, 0.15) is 6.04 Å². The Bertz CT molecular complexity index is 731. The summed E-state index contributed by atoms with van der Waals surface area (Å²) in [5, 5.41) is 7.94. The Morgan fingerprint density at radius 3 is 2.90 bits per heavy atom. The molecule has 1 N–H and O–H groups in total. The lowest BCUT2D eigenvalue weighted by atomic mass is 10.1. The zero-order chi connectivity index (χ0) is 13.9. The summed E-state index contributed by atoms with van der Waals surface area (Å²) in [6.45, 7) is 1.81. The van der Waals surface area contributed by atoms with Gasteiger partial charge in [-0.15, -0.1) is 0 Å². The van der Waals surface area contributed by atoms with Crippen LogP contribution in [0.2, 0.25) is 0 Å². The molecule has 0 saturated heterocycles. The van der Waals surface area contributed by atoms with Crippen LogP contribution in [0.1, 0.15) is 13.0 Å². The van der Waals surface area contributed by atoms with Crippen LogP contribution >= 0.6 is 0 Å². The van der Waals surface area contributed by atoms with Crippen LogP contribution in [0.5, 0.6) is 0 Å². The minimum absolute atomic E-state index is 0.106. The Morgan fingerprint density at radius 2 is 2.10 bits per heavy atom. The Balaban J connectivity index is 1.88. The number of benzene rings is 1. The van der Waals surface area contributed by atoms with Crippen molar-refractivity contribution in [3.05, 3.63) is 55.0 Å². The molecular weight excluding hydrogens is 252 g/mol. The minimum Gasteiger partial charge on any atom is -0.324 e. The van der Waals surface area contributed by atoms with Gasteiger partial charge >= 0.3 is 0 Å². The van der Waals surface area contributed by atoms with Crippen molar-refractivity contribution >= 4 is 22.5 Å². The summed E-state index contributed by atoms with van der Waals surface area (Å²) in [4.78, 5) is 16.5. The molecule has 0 saturated carbocycles. The molecule has 100 valence electrons. The highest BCUT2D eigenvalue weighted by atomic mass is 16.2. The van der Waals surface area contributed by atoms with Crippen molar-refractivity contribution in [2.75, 3.05) is 5.32 Å². The van der Waals surface area contributed by atoms with E-state index in [9.17, 15) is 4.79 Å². The van der Waals surface area contributed by atoms with Gasteiger partial charge in [-0.25, -0.2) is 0 Å². The highest BCUT2D eigenvalue weighted by Crippen LogP contribution is 2.22. The van der Waals surface area contributed by atoms with Crippen LogP contribution in [-0.4, -0.2) is 20.7 Å². The highest BCUT2D eigenvalue weighted by Gasteiger charge is 2.15. The summed E-state index contributed by atoms with van der Waals surface area (Å²) in [6, 6.07) is 10.9. The third-order valence-electron chi connectivity index (χ3n) is 3.20. The average molecular weight is 266 g/mol. The third kappa shape index (κ3) is 2.25. The number of carbonyl (C=O) groups is 1. The van der Waals surface area contributed by atoms with Crippen LogP contribution in [-0.2, 0) is 4.79 Å². The maximum atomic E-state index is 12.3. The zero-order valence-electron chi connectivity index (χ0n) is 11.0. The first kappa shape index (κ1) is 12.3. The Morgan fingerprint density at radius 1 is 1.20 bits per heavy atom. The first-order chi connectivity index (χ1) is 9.75. The SMILES string of the molecule is CC(C(=O)Nc1cccc2ncccc12)n1cccn1. The second kappa shape index (κ2) is 5.13. The number of carbonyl (C=O) groups excluding carboxylic acids is 1. The highest BCUT2D eigenvalue weighted by molar-refractivity contribution is 6.02. The lowest BCUT2D eigenvalue weighted by Crippen LogP contribution is -2.24. The minimum atomic E-state index is -0.364. The summed E-state index contributed by atoms with van der Waals surface area (Å²) in [5.74, 6) is -0.106. The molecule has 3 rings (SSSR count). The maximum Gasteiger partial charge on any atom is 0.248 e. The predicted octanol–water partition coefficient (Wildman–Crippen LogP) is 2.63. The molecule has 0 aliphatic carbocycles. The molecule has 0 fully saturated rings. The molecule has 2 heterocycles. The Hall–Kier alpha value is -2.69. The third-order valence-corrected chi connectivity index (χ3v) is 3.20. The van der Waals surface area contributed by atoms with Gasteiger partial charge in [-0.3, -0.25) is 14.5 Å². The van der Waals surface area contributed by atoms with E-state index in [1.165, 1.54) is 0 Å². The topological polar surface area (TPSA) is 59.8 Å². The zero-order valence-corrected chi connectivity index (χ0v) is 11.0. The molecular formula is C15H14N4O. The first-order valence-corrected chi connectivity index (χ1v) is 6.39. The van der Waals surface area contributed by atoms with Crippen LogP contribution in [0.3, 0.4) is 0 Å². The van der Waals surface area contributed by atoms with Crippen LogP contribution < -0.4 is 5.32 Å². The van der Waals surface area contributed by atoms with Gasteiger partial charge in [-0.2, -0.15) is 5.10 Å². The molecule has 0 aliphatic heterocycles. The summed E-state index contributed by atoms with van der Waals surface area (Å²) in [7, 11) is 0. The Labute approximate surface area is 116 Å². The molecule has 20 heavy (non-hydrogen) atoms. The van der Waals surface area contributed by atoms with Crippen LogP contribution in [0.4, 0.5) is 5.69 Å². The number of nitrogens with zero attached hydrogens (tertiary/aromatic N) is 3. The van der Waals surface area contributed by atoms with Crippen LogP contribution in [0, 0.1) is 0 Å². The van der Waals surface area contributed by atoms with E-state index in [2.05, 4.69) is 15.4 Å². The van der Waals surface area contributed by atoms with E-state index in [1.54, 1.807) is 29.3 Å². The number of hydrogen-bond acceptors (Lipinski definition) is 3. The van der Waals surface area contributed by atoms with Crippen molar-refractivity contribution in [2.24, 2.45) is 0 Å². The fourth-order valence-corrected chi connectivity index (χ4v) is 2.08. The number of pyridine rings is 1. The Kier molecular flexibility index (Phi) is 3.16. The summed E-state index contributed by atoms with van der Waals surface area (Å²) < 4.78 is 1.62. The fraction of sp³-hybridized carbons (Fsp3) is 0.133. The average Bonchev–Trinajstić information content (AvgIpc) is 3.01. The summed E-state index contributed by atoms with van der Waals surface area (Å²) in [5.41, 5.74) is 1.62. The number of aromatic nitrogens is 3. The first-order valence-electron chi connectivity index (χ1n) is 6.39. The van der Waals surface area contributed by atoms with E-state index in [1.807, 2.05) is 37.3 Å². The second-order valence-electron chi connectivity index (χ2n) is 4.53. The van der Waals surface area contributed by atoms with Crippen molar-refractivity contribution in [3.63, 3.8) is 0 Å². The number of anilines is 1. The quantitative estimate of drug-likeness (QED) is 0.792. The van der Waals surface area contributed by atoms with Gasteiger partial charge in [0.15, 0.2) is 0 Å². The normalized spacial score (nSPS) is 12.2. The van der Waals surface area contributed by atoms with E-state index >= 15 is 0 Å². The molecule has 1 atom stereocenters. The molecule has 0 spiro atoms. The van der Waals surface area contributed by atoms with E-state index < -0.39 is 0 Å². The van der Waals surface area contributed by atoms with Gasteiger partial charge in [0, 0.05) is 24.0 Å². The van der Waals surface area contributed by atoms with Crippen molar-refractivity contribution in [1.29, 1.82) is 0 Å². The van der Waals surface area contributed by atoms with Gasteiger partial charge in [0.05, 0.1) is 11.2 Å². The van der Waals surface area contributed by atoms with Gasteiger partial charge in [-0.1, -0.05) is 6.07 Å². The summed E-state index contributed by atoms with van der Waals surface area (Å²) in [6.07, 6.45) is 5.17. The van der Waals surface area contributed by atoms with Gasteiger partial charge in [-0.05, 0) is 37.3 Å². The molecule has 0 aliphatic rings. The van der Waals surface area contributed by atoms with E-state index in [4.69, 9.17) is 0 Å². The van der Waals surface area contributed by atoms with E-state index in [0.29, 0.717) is 0 Å². The number of fused-ring (bicyclic) bond motifs is 1. The van der Waals surface area contributed by atoms with Gasteiger partial charge in [0.2, 0.25) is 5.91 Å². The number of nitrogens with one attached hydrogen (secondary N) is 1. The molecule has 0 bridgehead atoms. The van der Waals surface area contributed by atoms with Crippen molar-refractivity contribution in [3.8, 4) is 0 Å². The van der Waals surface area contributed by atoms with Crippen LogP contribution in [0.15, 0.2) is 55.0 Å². The lowest BCUT2D eigenvalue weighted by molar-refractivity contribution is -0.119. The molecule has 5 nitrogen and oxygen atoms in total. The lowest BCUT2D eigenvalue weighted by Gasteiger charge is -2.13. The number of amides is 1. The van der Waals surface area contributed by atoms with Crippen molar-refractivity contribution in [2.45, 2.75) is 13.0 Å². The standard InChI is InChI=1S/C15H14N4O/c1-11(19-10-4-9-17-19)15(20)18-14-7-2-6-13-12(14)5-3-8-16-13/h2-11H,1H3,(H,18,20). The molecule has 0 radical (unpaired) electrons. The number of hydrogen-bond donors (Lipinski definition) is 1. The fourth-order valence-electron chi connectivity index (χ4n) is 2.08. The molecule has 3 aromatic rings. The van der Waals surface area contributed by atoms with E-state index in [-0.39, 0.29) is 11.9 Å². The molecule has 5 heteroatoms. The molecule has 1 unspecified atom stereocenters. The van der Waals surface area contributed by atoms with E-state index in [0.717, 1.165) is 16.6 Å². The molecule has 1 aromatic carbocycles. The smallest absolute Gasteiger partial charge is 0.248 e. The van der Waals surface area contributed by atoms with Gasteiger partial charge in [0.25, 0.3) is 0 Å². The largest absolute Gasteiger partial charge is 0.324 e. The monoisotopic (exact) mass is 266 g/mol. The summed E-state index contributed by atoms with van der Waals surface area (Å²) >= 11 is 0. The second-order valence-corrected chi connectivity index (χ2v) is 4.53. The van der Waals surface area contributed by atoms with Gasteiger partial charge < -0.3 is 5.32 Å². The predicted molar refractivity (Wildman–Crippen MR) is 77.3 cm³/mol. The number of rotatable bonds is 3.